The van der Waals surface area contributed by atoms with Crippen molar-refractivity contribution in [1.29, 1.82) is 0 Å². The predicted molar refractivity (Wildman–Crippen MR) is 152 cm³/mol. The van der Waals surface area contributed by atoms with Crippen LogP contribution in [0.2, 0.25) is 0 Å². The molecule has 6 heteroatoms. The van der Waals surface area contributed by atoms with Crippen molar-refractivity contribution in [3.05, 3.63) is 88.7 Å². The van der Waals surface area contributed by atoms with Crippen LogP contribution in [0, 0.1) is 0 Å². The van der Waals surface area contributed by atoms with Crippen LogP contribution in [-0.4, -0.2) is 18.6 Å². The van der Waals surface area contributed by atoms with Gasteiger partial charge in [-0.25, -0.2) is 9.36 Å². The van der Waals surface area contributed by atoms with Gasteiger partial charge in [0.2, 0.25) is 0 Å². The number of benzene rings is 4. The third kappa shape index (κ3) is 3.78. The van der Waals surface area contributed by atoms with Gasteiger partial charge in [-0.05, 0) is 35.6 Å². The average Bonchev–Trinajstić information content (AvgIpc) is 3.26. The lowest BCUT2D eigenvalue weighted by Crippen LogP contribution is -2.34. The zero-order valence-electron chi connectivity index (χ0n) is 21.3. The summed E-state index contributed by atoms with van der Waals surface area (Å²) in [6, 6.07) is 24.9. The van der Waals surface area contributed by atoms with Crippen LogP contribution in [0.4, 0.5) is 0 Å². The van der Waals surface area contributed by atoms with Gasteiger partial charge in [-0.2, -0.15) is 4.40 Å². The quantitative estimate of drug-likeness (QED) is 0.171. The maximum Gasteiger partial charge on any atom is 0.347 e. The molecule has 0 fully saturated rings. The van der Waals surface area contributed by atoms with Gasteiger partial charge in [-0.15, -0.1) is 11.8 Å². The molecular formula is C31H29N2O3S+. The van der Waals surface area contributed by atoms with E-state index in [1.54, 1.807) is 14.2 Å². The molecule has 0 bridgehead atoms. The molecule has 0 saturated heterocycles. The first-order valence-corrected chi connectivity index (χ1v) is 13.6. The number of aryl methyl sites for hydroxylation is 1. The zero-order chi connectivity index (χ0) is 25.5. The van der Waals surface area contributed by atoms with Crippen molar-refractivity contribution in [2.45, 2.75) is 37.0 Å². The van der Waals surface area contributed by atoms with Crippen molar-refractivity contribution in [1.82, 2.24) is 4.40 Å². The third-order valence-corrected chi connectivity index (χ3v) is 8.27. The van der Waals surface area contributed by atoms with E-state index in [-0.39, 0.29) is 5.56 Å². The van der Waals surface area contributed by atoms with Gasteiger partial charge in [0, 0.05) is 28.2 Å². The highest BCUT2D eigenvalue weighted by molar-refractivity contribution is 7.98. The second-order valence-corrected chi connectivity index (χ2v) is 10.3. The largest absolute Gasteiger partial charge is 0.493 e. The van der Waals surface area contributed by atoms with E-state index in [1.165, 1.54) is 10.5 Å². The van der Waals surface area contributed by atoms with Crippen molar-refractivity contribution >= 4 is 50.0 Å². The fraction of sp³-hybridized carbons (Fsp3) is 0.226. The molecule has 4 aromatic carbocycles. The Balaban J connectivity index is 1.67. The Bertz CT molecular complexity index is 1810. The number of nitrogens with zero attached hydrogens (tertiary/aromatic N) is 2. The van der Waals surface area contributed by atoms with Crippen molar-refractivity contribution in [2.75, 3.05) is 14.2 Å². The Morgan fingerprint density at radius 1 is 0.865 bits per heavy atom. The summed E-state index contributed by atoms with van der Waals surface area (Å²) in [4.78, 5) is 15.3. The normalized spacial score (nSPS) is 11.8. The van der Waals surface area contributed by atoms with Crippen LogP contribution < -0.4 is 19.6 Å². The lowest BCUT2D eigenvalue weighted by Gasteiger charge is -2.10. The Hall–Kier alpha value is -3.77. The van der Waals surface area contributed by atoms with E-state index >= 15 is 0 Å². The van der Waals surface area contributed by atoms with Crippen molar-refractivity contribution in [3.63, 3.8) is 0 Å². The number of aromatic nitrogens is 2. The number of hydrogen-bond acceptors (Lipinski definition) is 4. The summed E-state index contributed by atoms with van der Waals surface area (Å²) in [6.45, 7) is 3.00. The van der Waals surface area contributed by atoms with E-state index in [9.17, 15) is 4.79 Å². The van der Waals surface area contributed by atoms with E-state index in [0.29, 0.717) is 11.5 Å². The van der Waals surface area contributed by atoms with Crippen LogP contribution in [0.25, 0.3) is 38.2 Å². The molecule has 0 saturated carbocycles. The molecule has 0 aliphatic rings. The van der Waals surface area contributed by atoms with Gasteiger partial charge in [0.25, 0.3) is 5.65 Å². The molecule has 186 valence electrons. The highest BCUT2D eigenvalue weighted by atomic mass is 32.2. The molecule has 0 amide bonds. The number of methoxy groups -OCH3 is 2. The lowest BCUT2D eigenvalue weighted by atomic mass is 10.0. The molecule has 0 N–H and O–H groups in total. The highest BCUT2D eigenvalue weighted by Gasteiger charge is 2.28. The molecule has 0 unspecified atom stereocenters. The van der Waals surface area contributed by atoms with Crippen LogP contribution in [0.1, 0.15) is 25.3 Å². The summed E-state index contributed by atoms with van der Waals surface area (Å²) >= 11 is 1.81. The van der Waals surface area contributed by atoms with Crippen molar-refractivity contribution < 1.29 is 14.0 Å². The summed E-state index contributed by atoms with van der Waals surface area (Å²) in [5.74, 6) is 2.15. The first kappa shape index (κ1) is 23.6. The van der Waals surface area contributed by atoms with Gasteiger partial charge in [0.05, 0.1) is 31.5 Å². The van der Waals surface area contributed by atoms with Crippen molar-refractivity contribution in [2.24, 2.45) is 0 Å². The zero-order valence-corrected chi connectivity index (χ0v) is 22.1. The number of fused-ring (bicyclic) bond motifs is 4. The smallest absolute Gasteiger partial charge is 0.347 e. The molecule has 2 heterocycles. The fourth-order valence-corrected chi connectivity index (χ4v) is 6.35. The third-order valence-electron chi connectivity index (χ3n) is 7.13. The van der Waals surface area contributed by atoms with Gasteiger partial charge in [0.15, 0.2) is 22.5 Å². The monoisotopic (exact) mass is 509 g/mol. The molecule has 0 atom stereocenters. The van der Waals surface area contributed by atoms with Gasteiger partial charge in [-0.1, -0.05) is 55.8 Å². The molecule has 2 aromatic heterocycles. The Labute approximate surface area is 219 Å². The summed E-state index contributed by atoms with van der Waals surface area (Å²) in [5.41, 5.74) is 4.00. The summed E-state index contributed by atoms with van der Waals surface area (Å²) in [6.07, 6.45) is 2.07. The topological polar surface area (TPSA) is 43.8 Å². The Kier molecular flexibility index (Phi) is 6.13. The van der Waals surface area contributed by atoms with Crippen molar-refractivity contribution in [3.8, 4) is 11.5 Å². The van der Waals surface area contributed by atoms with Crippen LogP contribution in [0.5, 0.6) is 11.5 Å². The number of ether oxygens (including phenoxy) is 2. The summed E-state index contributed by atoms with van der Waals surface area (Å²) < 4.78 is 15.4. The van der Waals surface area contributed by atoms with Gasteiger partial charge >= 0.3 is 5.56 Å². The molecule has 0 aliphatic carbocycles. The SMILES string of the molecule is CCCC[n+]1c2cc(OC)c(OC)cc2n2c(=O)c3ccc(SCc4ccccc4)c4cccc(c43)c21. The molecular weight excluding hydrogens is 480 g/mol. The van der Waals surface area contributed by atoms with Gasteiger partial charge in [0.1, 0.15) is 0 Å². The van der Waals surface area contributed by atoms with E-state index < -0.39 is 0 Å². The number of thioether (sulfide) groups is 1. The average molecular weight is 510 g/mol. The van der Waals surface area contributed by atoms with Gasteiger partial charge in [-0.3, -0.25) is 0 Å². The molecule has 37 heavy (non-hydrogen) atoms. The van der Waals surface area contributed by atoms with E-state index in [4.69, 9.17) is 9.47 Å². The summed E-state index contributed by atoms with van der Waals surface area (Å²) in [7, 11) is 3.27. The van der Waals surface area contributed by atoms with Crippen LogP contribution in [0.15, 0.2) is 82.5 Å². The highest BCUT2D eigenvalue weighted by Crippen LogP contribution is 2.37. The van der Waals surface area contributed by atoms with E-state index in [0.717, 1.165) is 63.4 Å². The van der Waals surface area contributed by atoms with Crippen LogP contribution in [-0.2, 0) is 12.3 Å². The summed E-state index contributed by atoms with van der Waals surface area (Å²) in [5, 5.41) is 3.97. The minimum atomic E-state index is -0.00854. The maximum absolute atomic E-state index is 14.1. The number of unbranched alkanes of at least 4 members (excludes halogenated alkanes) is 1. The second kappa shape index (κ2) is 9.60. The fourth-order valence-electron chi connectivity index (χ4n) is 5.34. The molecule has 6 rings (SSSR count). The minimum absolute atomic E-state index is 0.00854. The minimum Gasteiger partial charge on any atom is -0.493 e. The number of imidazole rings is 1. The standard InChI is InChI=1S/C31H29N2O3S/c1-4-5-16-32-24-17-26(35-2)27(36-3)18-25(24)33-30(32)22-13-9-12-21-28(15-14-23(29(21)22)31(33)34)37-19-20-10-7-6-8-11-20/h6-15,17-18H,4-5,16,19H2,1-3H3/q+1. The first-order chi connectivity index (χ1) is 18.2. The van der Waals surface area contributed by atoms with E-state index in [2.05, 4.69) is 60.0 Å². The van der Waals surface area contributed by atoms with Crippen LogP contribution >= 0.6 is 11.8 Å². The predicted octanol–water partition coefficient (Wildman–Crippen LogP) is 6.59. The molecule has 0 spiro atoms. The van der Waals surface area contributed by atoms with E-state index in [1.807, 2.05) is 40.4 Å². The lowest BCUT2D eigenvalue weighted by molar-refractivity contribution is -0.645. The molecule has 5 nitrogen and oxygen atoms in total. The molecule has 0 radical (unpaired) electrons. The molecule has 6 aromatic rings. The molecule has 0 aliphatic heterocycles. The van der Waals surface area contributed by atoms with Crippen LogP contribution in [0.3, 0.4) is 0 Å². The van der Waals surface area contributed by atoms with Gasteiger partial charge < -0.3 is 9.47 Å². The number of pyridine rings is 1. The Morgan fingerprint density at radius 2 is 1.62 bits per heavy atom. The number of rotatable bonds is 8. The Morgan fingerprint density at radius 3 is 2.38 bits per heavy atom. The maximum atomic E-state index is 14.1. The second-order valence-electron chi connectivity index (χ2n) is 9.28. The first-order valence-electron chi connectivity index (χ1n) is 12.6. The number of hydrogen-bond donors (Lipinski definition) is 0.